The molecule has 0 aliphatic rings. The Hall–Kier alpha value is -0.160. The zero-order valence-corrected chi connectivity index (χ0v) is 6.77. The van der Waals surface area contributed by atoms with Gasteiger partial charge in [-0.05, 0) is 26.6 Å². The normalized spacial score (nSPS) is 8.40. The standard InChI is InChI=1S/2C3H10N2/c1-5-3-2-4;4-2-1-3-5/h5H,2-4H2,1H3;1-5H2. The summed E-state index contributed by atoms with van der Waals surface area (Å²) in [7, 11) is 1.88. The van der Waals surface area contributed by atoms with Gasteiger partial charge in [0.05, 0.1) is 0 Å². The molecule has 0 aliphatic heterocycles. The Morgan fingerprint density at radius 3 is 1.50 bits per heavy atom. The maximum atomic E-state index is 5.08. The number of nitrogens with one attached hydrogen (secondary N) is 1. The van der Waals surface area contributed by atoms with Crippen molar-refractivity contribution in [2.75, 3.05) is 33.2 Å². The van der Waals surface area contributed by atoms with E-state index in [4.69, 9.17) is 17.2 Å². The molecule has 4 nitrogen and oxygen atoms in total. The van der Waals surface area contributed by atoms with Gasteiger partial charge in [0.1, 0.15) is 0 Å². The molecule has 0 atom stereocenters. The predicted octanol–water partition coefficient (Wildman–Crippen LogP) is -1.54. The number of nitrogens with two attached hydrogens (primary N) is 3. The molecule has 0 bridgehead atoms. The van der Waals surface area contributed by atoms with Crippen molar-refractivity contribution >= 4 is 0 Å². The molecule has 7 N–H and O–H groups in total. The summed E-state index contributed by atoms with van der Waals surface area (Å²) in [4.78, 5) is 0. The largest absolute Gasteiger partial charge is 0.330 e. The van der Waals surface area contributed by atoms with E-state index in [-0.39, 0.29) is 0 Å². The molecule has 0 radical (unpaired) electrons. The average Bonchev–Trinajstić information content (AvgIpc) is 1.93. The molecule has 0 fully saturated rings. The second kappa shape index (κ2) is 15.9. The van der Waals surface area contributed by atoms with E-state index in [1.807, 2.05) is 7.05 Å². The molecule has 0 aromatic rings. The van der Waals surface area contributed by atoms with Crippen molar-refractivity contribution in [1.29, 1.82) is 0 Å². The van der Waals surface area contributed by atoms with Crippen LogP contribution in [-0.4, -0.2) is 33.2 Å². The lowest BCUT2D eigenvalue weighted by molar-refractivity contribution is 0.802. The van der Waals surface area contributed by atoms with Crippen LogP contribution in [0.4, 0.5) is 0 Å². The van der Waals surface area contributed by atoms with E-state index in [0.717, 1.165) is 32.6 Å². The first-order valence-corrected chi connectivity index (χ1v) is 3.58. The molecule has 4 heteroatoms. The fraction of sp³-hybridized carbons (Fsp3) is 1.00. The van der Waals surface area contributed by atoms with Crippen LogP contribution in [-0.2, 0) is 0 Å². The zero-order valence-electron chi connectivity index (χ0n) is 6.77. The smallest absolute Gasteiger partial charge is 0.00714 e. The Bertz CT molecular complexity index is 30.7. The van der Waals surface area contributed by atoms with Gasteiger partial charge in [0, 0.05) is 13.1 Å². The molecular formula is C6H20N4. The fourth-order valence-corrected chi connectivity index (χ4v) is 0.262. The lowest BCUT2D eigenvalue weighted by Gasteiger charge is -1.85. The van der Waals surface area contributed by atoms with Crippen molar-refractivity contribution in [2.24, 2.45) is 17.2 Å². The summed E-state index contributed by atoms with van der Waals surface area (Å²) < 4.78 is 0. The minimum atomic E-state index is 0.719. The highest BCUT2D eigenvalue weighted by Gasteiger charge is 1.67. The monoisotopic (exact) mass is 148 g/mol. The Morgan fingerprint density at radius 2 is 1.50 bits per heavy atom. The van der Waals surface area contributed by atoms with Crippen LogP contribution in [0.5, 0.6) is 0 Å². The van der Waals surface area contributed by atoms with E-state index < -0.39 is 0 Å². The van der Waals surface area contributed by atoms with E-state index in [1.165, 1.54) is 0 Å². The molecule has 0 unspecified atom stereocenters. The molecule has 0 rings (SSSR count). The van der Waals surface area contributed by atoms with Gasteiger partial charge in [-0.3, -0.25) is 0 Å². The Balaban J connectivity index is 0. The van der Waals surface area contributed by atoms with Crippen molar-refractivity contribution in [3.63, 3.8) is 0 Å². The van der Waals surface area contributed by atoms with Gasteiger partial charge in [-0.1, -0.05) is 0 Å². The SMILES string of the molecule is CNCCN.NCCCN. The third-order valence-corrected chi connectivity index (χ3v) is 0.803. The third kappa shape index (κ3) is 24.9. The minimum Gasteiger partial charge on any atom is -0.330 e. The van der Waals surface area contributed by atoms with Crippen molar-refractivity contribution in [3.05, 3.63) is 0 Å². The van der Waals surface area contributed by atoms with Gasteiger partial charge in [0.15, 0.2) is 0 Å². The van der Waals surface area contributed by atoms with Gasteiger partial charge < -0.3 is 22.5 Å². The molecule has 0 saturated heterocycles. The van der Waals surface area contributed by atoms with Crippen LogP contribution in [0.25, 0.3) is 0 Å². The summed E-state index contributed by atoms with van der Waals surface area (Å²) in [5.41, 5.74) is 15.2. The molecular weight excluding hydrogens is 128 g/mol. The van der Waals surface area contributed by atoms with E-state index in [9.17, 15) is 0 Å². The highest BCUT2D eigenvalue weighted by molar-refractivity contribution is 4.34. The molecule has 0 aromatic carbocycles. The molecule has 0 saturated carbocycles. The zero-order chi connectivity index (χ0) is 8.24. The van der Waals surface area contributed by atoms with Crippen LogP contribution in [0, 0.1) is 0 Å². The molecule has 0 aromatic heterocycles. The molecule has 64 valence electrons. The number of hydrogen-bond acceptors (Lipinski definition) is 4. The van der Waals surface area contributed by atoms with E-state index in [1.54, 1.807) is 0 Å². The Labute approximate surface area is 63.1 Å². The van der Waals surface area contributed by atoms with E-state index in [2.05, 4.69) is 5.32 Å². The van der Waals surface area contributed by atoms with Crippen molar-refractivity contribution in [2.45, 2.75) is 6.42 Å². The predicted molar refractivity (Wildman–Crippen MR) is 45.7 cm³/mol. The van der Waals surface area contributed by atoms with Crippen LogP contribution in [0.2, 0.25) is 0 Å². The lowest BCUT2D eigenvalue weighted by Crippen LogP contribution is -2.17. The van der Waals surface area contributed by atoms with Crippen molar-refractivity contribution in [1.82, 2.24) is 5.32 Å². The first-order valence-electron chi connectivity index (χ1n) is 3.58. The van der Waals surface area contributed by atoms with E-state index >= 15 is 0 Å². The van der Waals surface area contributed by atoms with Gasteiger partial charge in [-0.15, -0.1) is 0 Å². The van der Waals surface area contributed by atoms with Gasteiger partial charge >= 0.3 is 0 Å². The lowest BCUT2D eigenvalue weighted by atomic mass is 10.4. The maximum absolute atomic E-state index is 5.08. The minimum absolute atomic E-state index is 0.719. The van der Waals surface area contributed by atoms with Gasteiger partial charge in [-0.2, -0.15) is 0 Å². The van der Waals surface area contributed by atoms with Crippen LogP contribution in [0.1, 0.15) is 6.42 Å². The van der Waals surface area contributed by atoms with Crippen LogP contribution in [0.3, 0.4) is 0 Å². The van der Waals surface area contributed by atoms with Gasteiger partial charge in [-0.25, -0.2) is 0 Å². The molecule has 0 spiro atoms. The second-order valence-electron chi connectivity index (χ2n) is 1.82. The summed E-state index contributed by atoms with van der Waals surface area (Å²) in [5.74, 6) is 0. The number of hydrogen-bond donors (Lipinski definition) is 4. The Kier molecular flexibility index (Phi) is 19.9. The first kappa shape index (κ1) is 12.5. The summed E-state index contributed by atoms with van der Waals surface area (Å²) in [6.07, 6.45) is 0.944. The topological polar surface area (TPSA) is 90.1 Å². The highest BCUT2D eigenvalue weighted by Crippen LogP contribution is 1.58. The Morgan fingerprint density at radius 1 is 1.00 bits per heavy atom. The molecule has 10 heavy (non-hydrogen) atoms. The van der Waals surface area contributed by atoms with Crippen LogP contribution < -0.4 is 22.5 Å². The summed E-state index contributed by atoms with van der Waals surface area (Å²) >= 11 is 0. The van der Waals surface area contributed by atoms with Gasteiger partial charge in [0.2, 0.25) is 0 Å². The number of likely N-dealkylation sites (N-methyl/N-ethyl adjacent to an activating group) is 1. The van der Waals surface area contributed by atoms with Crippen molar-refractivity contribution < 1.29 is 0 Å². The van der Waals surface area contributed by atoms with Crippen LogP contribution >= 0.6 is 0 Å². The average molecular weight is 148 g/mol. The summed E-state index contributed by atoms with van der Waals surface area (Å²) in [6.45, 7) is 3.09. The first-order chi connectivity index (χ1) is 4.83. The quantitative estimate of drug-likeness (QED) is 0.389. The van der Waals surface area contributed by atoms with Gasteiger partial charge in [0.25, 0.3) is 0 Å². The second-order valence-corrected chi connectivity index (χ2v) is 1.82. The molecule has 0 amide bonds. The maximum Gasteiger partial charge on any atom is 0.00714 e. The highest BCUT2D eigenvalue weighted by atomic mass is 14.8. The molecule has 0 heterocycles. The summed E-state index contributed by atoms with van der Waals surface area (Å²) in [6, 6.07) is 0. The van der Waals surface area contributed by atoms with E-state index in [0.29, 0.717) is 0 Å². The third-order valence-electron chi connectivity index (χ3n) is 0.803. The van der Waals surface area contributed by atoms with Crippen molar-refractivity contribution in [3.8, 4) is 0 Å². The van der Waals surface area contributed by atoms with Crippen LogP contribution in [0.15, 0.2) is 0 Å². The molecule has 0 aliphatic carbocycles. The summed E-state index contributed by atoms with van der Waals surface area (Å²) in [5, 5.41) is 2.89. The number of rotatable bonds is 4. The fourth-order valence-electron chi connectivity index (χ4n) is 0.262.